The van der Waals surface area contributed by atoms with Crippen molar-refractivity contribution >= 4 is 16.9 Å². The third-order valence-corrected chi connectivity index (χ3v) is 5.68. The molecule has 31 heavy (non-hydrogen) atoms. The molecule has 0 spiro atoms. The first-order valence-electron chi connectivity index (χ1n) is 10.9. The summed E-state index contributed by atoms with van der Waals surface area (Å²) < 4.78 is 0. The maximum absolute atomic E-state index is 3.62. The second kappa shape index (κ2) is 8.89. The van der Waals surface area contributed by atoms with Gasteiger partial charge >= 0.3 is 0 Å². The van der Waals surface area contributed by atoms with Crippen LogP contribution in [0.1, 0.15) is 18.4 Å². The van der Waals surface area contributed by atoms with Crippen molar-refractivity contribution in [2.45, 2.75) is 12.8 Å². The molecule has 1 heteroatoms. The monoisotopic (exact) mass is 399 g/mol. The van der Waals surface area contributed by atoms with Gasteiger partial charge in [0.2, 0.25) is 0 Å². The van der Waals surface area contributed by atoms with Crippen molar-refractivity contribution in [3.63, 3.8) is 0 Å². The standard InChI is InChI=1S/C30H25N/c1-4-11-23(12-5-1)25-15-10-16-27(21-25)29-22-26(24-13-6-2-7-14-24)19-20-30(29)31-28-17-8-3-9-18-28/h2-4,6-22,31H,1,5H2. The maximum Gasteiger partial charge on any atom is 0.0464 e. The van der Waals surface area contributed by atoms with E-state index in [4.69, 9.17) is 0 Å². The van der Waals surface area contributed by atoms with Crippen molar-refractivity contribution in [2.24, 2.45) is 0 Å². The summed E-state index contributed by atoms with van der Waals surface area (Å²) in [7, 11) is 0. The molecule has 0 aliphatic heterocycles. The van der Waals surface area contributed by atoms with Crippen LogP contribution in [-0.4, -0.2) is 0 Å². The van der Waals surface area contributed by atoms with Crippen LogP contribution in [-0.2, 0) is 0 Å². The number of anilines is 2. The molecule has 0 amide bonds. The molecule has 1 N–H and O–H groups in total. The highest BCUT2D eigenvalue weighted by atomic mass is 14.9. The zero-order chi connectivity index (χ0) is 20.9. The summed E-state index contributed by atoms with van der Waals surface area (Å²) in [6.07, 6.45) is 9.09. The first kappa shape index (κ1) is 19.1. The summed E-state index contributed by atoms with van der Waals surface area (Å²) in [5.41, 5.74) is 9.64. The van der Waals surface area contributed by atoms with Gasteiger partial charge in [0, 0.05) is 16.9 Å². The molecule has 0 heterocycles. The fraction of sp³-hybridized carbons (Fsp3) is 0.0667. The highest BCUT2D eigenvalue weighted by Gasteiger charge is 2.10. The fourth-order valence-electron chi connectivity index (χ4n) is 4.07. The van der Waals surface area contributed by atoms with Crippen molar-refractivity contribution in [2.75, 3.05) is 5.32 Å². The van der Waals surface area contributed by atoms with E-state index in [1.807, 2.05) is 6.07 Å². The SMILES string of the molecule is C1=CC(c2cccc(-c3cc(-c4ccccc4)ccc3Nc3ccccc3)c2)=CCC1. The highest BCUT2D eigenvalue weighted by molar-refractivity contribution is 5.87. The Morgan fingerprint density at radius 2 is 1.29 bits per heavy atom. The number of allylic oxidation sites excluding steroid dienone is 4. The first-order chi connectivity index (χ1) is 15.4. The van der Waals surface area contributed by atoms with Crippen LogP contribution in [0.5, 0.6) is 0 Å². The van der Waals surface area contributed by atoms with Crippen molar-refractivity contribution in [1.82, 2.24) is 0 Å². The predicted molar refractivity (Wildman–Crippen MR) is 133 cm³/mol. The topological polar surface area (TPSA) is 12.0 Å². The average molecular weight is 400 g/mol. The van der Waals surface area contributed by atoms with E-state index < -0.39 is 0 Å². The van der Waals surface area contributed by atoms with E-state index in [9.17, 15) is 0 Å². The van der Waals surface area contributed by atoms with E-state index in [0.29, 0.717) is 0 Å². The Labute approximate surface area is 184 Å². The predicted octanol–water partition coefficient (Wildman–Crippen LogP) is 8.50. The van der Waals surface area contributed by atoms with Gasteiger partial charge in [-0.2, -0.15) is 0 Å². The van der Waals surface area contributed by atoms with E-state index >= 15 is 0 Å². The van der Waals surface area contributed by atoms with Gasteiger partial charge in [0.05, 0.1) is 0 Å². The maximum atomic E-state index is 3.62. The molecule has 150 valence electrons. The number of nitrogens with one attached hydrogen (secondary N) is 1. The van der Waals surface area contributed by atoms with Gasteiger partial charge in [0.25, 0.3) is 0 Å². The molecule has 5 rings (SSSR count). The lowest BCUT2D eigenvalue weighted by molar-refractivity contribution is 1.04. The summed E-state index contributed by atoms with van der Waals surface area (Å²) in [5.74, 6) is 0. The van der Waals surface area contributed by atoms with Gasteiger partial charge in [-0.3, -0.25) is 0 Å². The average Bonchev–Trinajstić information content (AvgIpc) is 2.86. The minimum atomic E-state index is 1.09. The summed E-state index contributed by atoms with van der Waals surface area (Å²) >= 11 is 0. The number of hydrogen-bond acceptors (Lipinski definition) is 1. The largest absolute Gasteiger partial charge is 0.355 e. The van der Waals surface area contributed by atoms with Gasteiger partial charge in [0.15, 0.2) is 0 Å². The molecule has 0 aromatic heterocycles. The molecule has 0 bridgehead atoms. The van der Waals surface area contributed by atoms with E-state index in [-0.39, 0.29) is 0 Å². The van der Waals surface area contributed by atoms with Gasteiger partial charge in [-0.05, 0) is 71.0 Å². The van der Waals surface area contributed by atoms with Crippen LogP contribution < -0.4 is 5.32 Å². The number of rotatable bonds is 5. The molecular weight excluding hydrogens is 374 g/mol. The molecule has 1 aliphatic rings. The minimum Gasteiger partial charge on any atom is -0.355 e. The van der Waals surface area contributed by atoms with Crippen LogP contribution in [0.25, 0.3) is 27.8 Å². The van der Waals surface area contributed by atoms with Gasteiger partial charge in [-0.15, -0.1) is 0 Å². The van der Waals surface area contributed by atoms with Gasteiger partial charge in [-0.25, -0.2) is 0 Å². The second-order valence-corrected chi connectivity index (χ2v) is 7.84. The lowest BCUT2D eigenvalue weighted by Gasteiger charge is -2.16. The second-order valence-electron chi connectivity index (χ2n) is 7.84. The Balaban J connectivity index is 1.61. The minimum absolute atomic E-state index is 1.09. The summed E-state index contributed by atoms with van der Waals surface area (Å²) in [6, 6.07) is 36.5. The normalized spacial score (nSPS) is 13.0. The lowest BCUT2D eigenvalue weighted by atomic mass is 9.93. The van der Waals surface area contributed by atoms with Crippen molar-refractivity contribution in [3.8, 4) is 22.3 Å². The summed E-state index contributed by atoms with van der Waals surface area (Å²) in [6.45, 7) is 0. The van der Waals surface area contributed by atoms with Crippen LogP contribution in [0, 0.1) is 0 Å². The molecule has 0 fully saturated rings. The first-order valence-corrected chi connectivity index (χ1v) is 10.9. The number of benzene rings is 4. The van der Waals surface area contributed by atoms with Gasteiger partial charge in [0.1, 0.15) is 0 Å². The van der Waals surface area contributed by atoms with Gasteiger partial charge in [-0.1, -0.05) is 91.0 Å². The molecule has 0 unspecified atom stereocenters. The van der Waals surface area contributed by atoms with Crippen molar-refractivity contribution in [1.29, 1.82) is 0 Å². The Hall–Kier alpha value is -3.84. The van der Waals surface area contributed by atoms with Crippen LogP contribution in [0.15, 0.2) is 121 Å². The van der Waals surface area contributed by atoms with E-state index in [2.05, 4.69) is 121 Å². The Kier molecular flexibility index (Phi) is 5.49. The molecular formula is C30H25N. The van der Waals surface area contributed by atoms with Crippen LogP contribution in [0.3, 0.4) is 0 Å². The molecule has 0 atom stereocenters. The molecule has 0 saturated heterocycles. The molecule has 0 saturated carbocycles. The summed E-state index contributed by atoms with van der Waals surface area (Å²) in [4.78, 5) is 0. The lowest BCUT2D eigenvalue weighted by Crippen LogP contribution is -1.95. The molecule has 0 radical (unpaired) electrons. The Morgan fingerprint density at radius 1 is 0.548 bits per heavy atom. The fourth-order valence-corrected chi connectivity index (χ4v) is 4.07. The third kappa shape index (κ3) is 4.36. The smallest absolute Gasteiger partial charge is 0.0464 e. The quantitative estimate of drug-likeness (QED) is 0.355. The zero-order valence-corrected chi connectivity index (χ0v) is 17.5. The molecule has 4 aromatic carbocycles. The number of hydrogen-bond donors (Lipinski definition) is 1. The van der Waals surface area contributed by atoms with E-state index in [0.717, 1.165) is 24.2 Å². The number of para-hydroxylation sites is 1. The van der Waals surface area contributed by atoms with Crippen LogP contribution >= 0.6 is 0 Å². The highest BCUT2D eigenvalue weighted by Crippen LogP contribution is 2.36. The Bertz CT molecular complexity index is 1230. The van der Waals surface area contributed by atoms with Gasteiger partial charge < -0.3 is 5.32 Å². The van der Waals surface area contributed by atoms with E-state index in [1.165, 1.54) is 33.4 Å². The van der Waals surface area contributed by atoms with E-state index in [1.54, 1.807) is 0 Å². The molecule has 4 aromatic rings. The Morgan fingerprint density at radius 3 is 2.06 bits per heavy atom. The third-order valence-electron chi connectivity index (χ3n) is 5.68. The molecule has 1 nitrogen and oxygen atoms in total. The van der Waals surface area contributed by atoms with Crippen molar-refractivity contribution in [3.05, 3.63) is 127 Å². The molecule has 1 aliphatic carbocycles. The van der Waals surface area contributed by atoms with Crippen molar-refractivity contribution < 1.29 is 0 Å². The van der Waals surface area contributed by atoms with Crippen LogP contribution in [0.2, 0.25) is 0 Å². The zero-order valence-electron chi connectivity index (χ0n) is 17.5. The summed E-state index contributed by atoms with van der Waals surface area (Å²) in [5, 5.41) is 3.62. The van der Waals surface area contributed by atoms with Crippen LogP contribution in [0.4, 0.5) is 11.4 Å².